The van der Waals surface area contributed by atoms with E-state index in [2.05, 4.69) is 14.7 Å². The fourth-order valence-corrected chi connectivity index (χ4v) is 3.99. The number of H-pyrrole nitrogens is 1. The number of benzene rings is 1. The van der Waals surface area contributed by atoms with Gasteiger partial charge in [-0.1, -0.05) is 36.4 Å². The number of nitrogens with zero attached hydrogens (tertiary/aromatic N) is 1. The van der Waals surface area contributed by atoms with E-state index in [1.165, 1.54) is 23.9 Å². The molecule has 0 saturated heterocycles. The van der Waals surface area contributed by atoms with E-state index in [9.17, 15) is 8.42 Å². The average molecular weight is 319 g/mol. The minimum absolute atomic E-state index is 0.0555. The zero-order valence-electron chi connectivity index (χ0n) is 10.9. The van der Waals surface area contributed by atoms with Crippen LogP contribution in [0.5, 0.6) is 0 Å². The molecule has 0 fully saturated rings. The van der Waals surface area contributed by atoms with E-state index in [0.29, 0.717) is 0 Å². The highest BCUT2D eigenvalue weighted by molar-refractivity contribution is 7.89. The number of sulfonamides is 1. The first kappa shape index (κ1) is 14.0. The summed E-state index contributed by atoms with van der Waals surface area (Å²) in [7, 11) is -3.65. The van der Waals surface area contributed by atoms with Gasteiger partial charge in [0.15, 0.2) is 5.03 Å². The summed E-state index contributed by atoms with van der Waals surface area (Å²) >= 11 is 1.51. The van der Waals surface area contributed by atoms with Crippen molar-refractivity contribution >= 4 is 21.4 Å². The molecular weight excluding hydrogens is 306 g/mol. The molecule has 0 aliphatic carbocycles. The lowest BCUT2D eigenvalue weighted by Gasteiger charge is -2.17. The van der Waals surface area contributed by atoms with Crippen LogP contribution in [0.15, 0.2) is 65.4 Å². The third-order valence-corrected chi connectivity index (χ3v) is 5.28. The Bertz CT molecular complexity index is 782. The summed E-state index contributed by atoms with van der Waals surface area (Å²) in [6.45, 7) is 0. The minimum Gasteiger partial charge on any atom is -0.335 e. The maximum atomic E-state index is 12.4. The lowest BCUT2D eigenvalue weighted by molar-refractivity contribution is 0.570. The Balaban J connectivity index is 1.98. The quantitative estimate of drug-likeness (QED) is 0.759. The topological polar surface area (TPSA) is 74.8 Å². The molecule has 1 aromatic carbocycles. The highest BCUT2D eigenvalue weighted by atomic mass is 32.2. The van der Waals surface area contributed by atoms with Gasteiger partial charge in [0.25, 0.3) is 10.0 Å². The Morgan fingerprint density at radius 2 is 1.95 bits per heavy atom. The Kier molecular flexibility index (Phi) is 3.87. The number of nitrogens with one attached hydrogen (secondary N) is 2. The summed E-state index contributed by atoms with van der Waals surface area (Å²) in [5.74, 6) is 0. The number of thiophene rings is 1. The molecule has 0 bridgehead atoms. The maximum Gasteiger partial charge on any atom is 0.258 e. The molecule has 1 unspecified atom stereocenters. The van der Waals surface area contributed by atoms with E-state index in [1.807, 2.05) is 47.8 Å². The zero-order valence-corrected chi connectivity index (χ0v) is 12.6. The van der Waals surface area contributed by atoms with Crippen molar-refractivity contribution in [2.75, 3.05) is 0 Å². The molecule has 21 heavy (non-hydrogen) atoms. The van der Waals surface area contributed by atoms with Gasteiger partial charge in [0.05, 0.1) is 18.6 Å². The molecule has 5 nitrogen and oxygen atoms in total. The number of aromatic amines is 1. The summed E-state index contributed by atoms with van der Waals surface area (Å²) in [5.41, 5.74) is 0.892. The SMILES string of the molecule is O=S(=O)(NC(c1ccccc1)c1cccs1)c1cnc[nH]1. The van der Waals surface area contributed by atoms with E-state index < -0.39 is 16.1 Å². The van der Waals surface area contributed by atoms with Crippen LogP contribution < -0.4 is 4.72 Å². The number of rotatable bonds is 5. The van der Waals surface area contributed by atoms with Crippen molar-refractivity contribution in [1.82, 2.24) is 14.7 Å². The van der Waals surface area contributed by atoms with E-state index >= 15 is 0 Å². The predicted octanol–water partition coefficient (Wildman–Crippen LogP) is 2.54. The number of imidazole rings is 1. The van der Waals surface area contributed by atoms with Crippen molar-refractivity contribution in [2.45, 2.75) is 11.1 Å². The molecule has 3 aromatic rings. The highest BCUT2D eigenvalue weighted by Gasteiger charge is 2.24. The predicted molar refractivity (Wildman–Crippen MR) is 81.5 cm³/mol. The Hall–Kier alpha value is -1.96. The summed E-state index contributed by atoms with van der Waals surface area (Å²) in [6, 6.07) is 12.9. The largest absolute Gasteiger partial charge is 0.335 e. The molecular formula is C14H13N3O2S2. The van der Waals surface area contributed by atoms with Gasteiger partial charge < -0.3 is 4.98 Å². The monoisotopic (exact) mass is 319 g/mol. The first-order chi connectivity index (χ1) is 10.2. The normalized spacial score (nSPS) is 13.1. The van der Waals surface area contributed by atoms with Crippen molar-refractivity contribution in [2.24, 2.45) is 0 Å². The van der Waals surface area contributed by atoms with Gasteiger partial charge in [-0.2, -0.15) is 4.72 Å². The van der Waals surface area contributed by atoms with Gasteiger partial charge >= 0.3 is 0 Å². The molecule has 0 spiro atoms. The van der Waals surface area contributed by atoms with Crippen LogP contribution in [0.2, 0.25) is 0 Å². The molecule has 0 radical (unpaired) electrons. The maximum absolute atomic E-state index is 12.4. The van der Waals surface area contributed by atoms with Crippen LogP contribution in [0, 0.1) is 0 Å². The molecule has 7 heteroatoms. The van der Waals surface area contributed by atoms with Gasteiger partial charge in [0, 0.05) is 4.88 Å². The molecule has 0 aliphatic heterocycles. The van der Waals surface area contributed by atoms with Gasteiger partial charge in [0.1, 0.15) is 0 Å². The molecule has 0 aliphatic rings. The average Bonchev–Trinajstić information content (AvgIpc) is 3.19. The minimum atomic E-state index is -3.65. The first-order valence-corrected chi connectivity index (χ1v) is 8.62. The fourth-order valence-electron chi connectivity index (χ4n) is 2.00. The molecule has 1 atom stereocenters. The Morgan fingerprint density at radius 1 is 1.14 bits per heavy atom. The van der Waals surface area contributed by atoms with Crippen LogP contribution in [0.4, 0.5) is 0 Å². The second-order valence-electron chi connectivity index (χ2n) is 4.40. The van der Waals surface area contributed by atoms with E-state index in [-0.39, 0.29) is 5.03 Å². The fraction of sp³-hybridized carbons (Fsp3) is 0.0714. The molecule has 2 heterocycles. The van der Waals surface area contributed by atoms with Crippen molar-refractivity contribution in [1.29, 1.82) is 0 Å². The molecule has 2 N–H and O–H groups in total. The summed E-state index contributed by atoms with van der Waals surface area (Å²) < 4.78 is 27.5. The van der Waals surface area contributed by atoms with Gasteiger partial charge in [-0.25, -0.2) is 13.4 Å². The van der Waals surface area contributed by atoms with Crippen LogP contribution in [0.1, 0.15) is 16.5 Å². The third-order valence-electron chi connectivity index (χ3n) is 3.00. The lowest BCUT2D eigenvalue weighted by atomic mass is 10.1. The number of hydrogen-bond acceptors (Lipinski definition) is 4. The molecule has 108 valence electrons. The zero-order chi connectivity index (χ0) is 14.7. The van der Waals surface area contributed by atoms with Crippen LogP contribution in [-0.4, -0.2) is 18.4 Å². The molecule has 2 aromatic heterocycles. The number of hydrogen-bond donors (Lipinski definition) is 2. The van der Waals surface area contributed by atoms with E-state index in [1.54, 1.807) is 0 Å². The van der Waals surface area contributed by atoms with Crippen molar-refractivity contribution in [3.05, 3.63) is 70.8 Å². The van der Waals surface area contributed by atoms with E-state index in [4.69, 9.17) is 0 Å². The van der Waals surface area contributed by atoms with Crippen molar-refractivity contribution in [3.8, 4) is 0 Å². The van der Waals surface area contributed by atoms with Gasteiger partial charge in [-0.3, -0.25) is 0 Å². The summed E-state index contributed by atoms with van der Waals surface area (Å²) in [6.07, 6.45) is 2.63. The second kappa shape index (κ2) is 5.80. The van der Waals surface area contributed by atoms with Crippen LogP contribution in [0.25, 0.3) is 0 Å². The lowest BCUT2D eigenvalue weighted by Crippen LogP contribution is -2.29. The highest BCUT2D eigenvalue weighted by Crippen LogP contribution is 2.27. The molecule has 0 saturated carbocycles. The van der Waals surface area contributed by atoms with Gasteiger partial charge in [-0.05, 0) is 17.0 Å². The smallest absolute Gasteiger partial charge is 0.258 e. The standard InChI is InChI=1S/C14H13N3O2S2/c18-21(19,13-9-15-10-16-13)17-14(12-7-4-8-20-12)11-5-2-1-3-6-11/h1-10,14,17H,(H,15,16). The van der Waals surface area contributed by atoms with E-state index in [0.717, 1.165) is 10.4 Å². The Morgan fingerprint density at radius 3 is 2.57 bits per heavy atom. The first-order valence-electron chi connectivity index (χ1n) is 6.26. The van der Waals surface area contributed by atoms with Gasteiger partial charge in [-0.15, -0.1) is 11.3 Å². The summed E-state index contributed by atoms with van der Waals surface area (Å²) in [5, 5.41) is 1.98. The van der Waals surface area contributed by atoms with Crippen molar-refractivity contribution < 1.29 is 8.42 Å². The van der Waals surface area contributed by atoms with Gasteiger partial charge in [0.2, 0.25) is 0 Å². The number of aromatic nitrogens is 2. The molecule has 0 amide bonds. The van der Waals surface area contributed by atoms with Crippen LogP contribution >= 0.6 is 11.3 Å². The Labute approximate surface area is 126 Å². The third kappa shape index (κ3) is 3.05. The second-order valence-corrected chi connectivity index (χ2v) is 7.06. The van der Waals surface area contributed by atoms with Crippen LogP contribution in [-0.2, 0) is 10.0 Å². The molecule has 3 rings (SSSR count). The van der Waals surface area contributed by atoms with Crippen LogP contribution in [0.3, 0.4) is 0 Å². The summed E-state index contributed by atoms with van der Waals surface area (Å²) in [4.78, 5) is 7.32. The van der Waals surface area contributed by atoms with Crippen molar-refractivity contribution in [3.63, 3.8) is 0 Å².